The zero-order chi connectivity index (χ0) is 30.4. The number of amides is 1. The van der Waals surface area contributed by atoms with Crippen molar-refractivity contribution >= 4 is 61.4 Å². The van der Waals surface area contributed by atoms with Gasteiger partial charge in [-0.25, -0.2) is 9.97 Å². The van der Waals surface area contributed by atoms with E-state index in [9.17, 15) is 14.7 Å². The molecule has 0 spiro atoms. The topological polar surface area (TPSA) is 106 Å². The Kier molecular flexibility index (Phi) is 7.57. The zero-order valence-corrected chi connectivity index (χ0v) is 25.6. The average molecular weight is 617 g/mol. The zero-order valence-electron chi connectivity index (χ0n) is 24.1. The fourth-order valence-electron chi connectivity index (χ4n) is 5.30. The fraction of sp³-hybridized carbons (Fsp3) is 0.250. The molecular weight excluding hydrogens is 588 g/mol. The Balaban J connectivity index is 1.59. The largest absolute Gasteiger partial charge is 0.505 e. The van der Waals surface area contributed by atoms with Gasteiger partial charge in [-0.3, -0.25) is 14.5 Å². The maximum Gasteiger partial charge on any atom is 0.301 e. The molecule has 9 nitrogen and oxygen atoms in total. The molecule has 11 heteroatoms. The van der Waals surface area contributed by atoms with Gasteiger partial charge >= 0.3 is 5.91 Å². The van der Waals surface area contributed by atoms with E-state index < -0.39 is 17.7 Å². The number of thiazole rings is 1. The molecular formula is C32H29ClN4O5S. The summed E-state index contributed by atoms with van der Waals surface area (Å²) in [6.45, 7) is 8.48. The highest BCUT2D eigenvalue weighted by molar-refractivity contribution is 7.22. The van der Waals surface area contributed by atoms with Gasteiger partial charge in [-0.2, -0.15) is 0 Å². The number of aryl methyl sites for hydroxylation is 2. The summed E-state index contributed by atoms with van der Waals surface area (Å²) in [6, 6.07) is 13.3. The second-order valence-corrected chi connectivity index (χ2v) is 11.6. The number of hydrogen-bond acceptors (Lipinski definition) is 8. The van der Waals surface area contributed by atoms with Crippen LogP contribution in [0.15, 0.2) is 60.3 Å². The van der Waals surface area contributed by atoms with Gasteiger partial charge in [-0.1, -0.05) is 42.0 Å². The van der Waals surface area contributed by atoms with E-state index in [-0.39, 0.29) is 17.0 Å². The highest BCUT2D eigenvalue weighted by Crippen LogP contribution is 2.46. The first kappa shape index (κ1) is 28.7. The molecule has 6 rings (SSSR count). The van der Waals surface area contributed by atoms with E-state index in [1.165, 1.54) is 16.2 Å². The SMILES string of the molecule is CCCOc1ccc(C2C(=C(O)c3nc4c(C)cccn4c3C)C(=O)C(=O)N2c2nc3ccc(Cl)cc3s2)cc1OCC. The third-order valence-corrected chi connectivity index (χ3v) is 8.60. The number of hydrogen-bond donors (Lipinski definition) is 1. The molecule has 1 fully saturated rings. The molecule has 0 aliphatic carbocycles. The molecule has 43 heavy (non-hydrogen) atoms. The quantitative estimate of drug-likeness (QED) is 0.113. The molecule has 1 saturated heterocycles. The Hall–Kier alpha value is -4.41. The van der Waals surface area contributed by atoms with Gasteiger partial charge in [0.2, 0.25) is 0 Å². The number of aliphatic hydroxyl groups is 1. The van der Waals surface area contributed by atoms with Crippen molar-refractivity contribution in [2.24, 2.45) is 0 Å². The first-order valence-electron chi connectivity index (χ1n) is 13.9. The molecule has 220 valence electrons. The molecule has 1 amide bonds. The summed E-state index contributed by atoms with van der Waals surface area (Å²) in [4.78, 5) is 38.3. The average Bonchev–Trinajstić information content (AvgIpc) is 3.64. The number of Topliss-reactive ketones (excluding diaryl/α,β-unsaturated/α-hetero) is 1. The number of carbonyl (C=O) groups excluding carboxylic acids is 2. The lowest BCUT2D eigenvalue weighted by molar-refractivity contribution is -0.132. The third-order valence-electron chi connectivity index (χ3n) is 7.34. The van der Waals surface area contributed by atoms with Crippen molar-refractivity contribution in [3.05, 3.63) is 87.8 Å². The summed E-state index contributed by atoms with van der Waals surface area (Å²) in [5, 5.41) is 12.6. The van der Waals surface area contributed by atoms with E-state index in [1.807, 2.05) is 50.4 Å². The first-order valence-corrected chi connectivity index (χ1v) is 15.1. The van der Waals surface area contributed by atoms with E-state index >= 15 is 0 Å². The lowest BCUT2D eigenvalue weighted by Gasteiger charge is -2.24. The molecule has 1 aliphatic rings. The van der Waals surface area contributed by atoms with Crippen molar-refractivity contribution < 1.29 is 24.2 Å². The molecule has 1 unspecified atom stereocenters. The van der Waals surface area contributed by atoms with Gasteiger partial charge in [0.25, 0.3) is 5.78 Å². The van der Waals surface area contributed by atoms with E-state index in [0.29, 0.717) is 57.3 Å². The molecule has 3 aromatic heterocycles. The van der Waals surface area contributed by atoms with Gasteiger partial charge in [-0.05, 0) is 74.7 Å². The van der Waals surface area contributed by atoms with Crippen LogP contribution in [0.2, 0.25) is 5.02 Å². The molecule has 0 saturated carbocycles. The fourth-order valence-corrected chi connectivity index (χ4v) is 6.57. The predicted molar refractivity (Wildman–Crippen MR) is 167 cm³/mol. The van der Waals surface area contributed by atoms with Gasteiger partial charge in [0.1, 0.15) is 11.3 Å². The standard InChI is InChI=1S/C32H29ClN4O5S/c1-5-14-42-22-12-9-19(15-23(22)41-6-2)27-25(28(38)26-18(4)36-13-7-8-17(3)30(36)35-26)29(39)31(40)37(27)32-34-21-11-10-20(33)16-24(21)43-32/h7-13,15-16,27,38H,5-6,14H2,1-4H3. The number of halogens is 1. The molecule has 1 aliphatic heterocycles. The van der Waals surface area contributed by atoms with Gasteiger partial charge in [0, 0.05) is 11.2 Å². The number of rotatable bonds is 8. The van der Waals surface area contributed by atoms with Crippen LogP contribution in [0.1, 0.15) is 48.8 Å². The van der Waals surface area contributed by atoms with Crippen LogP contribution in [0.25, 0.3) is 21.6 Å². The summed E-state index contributed by atoms with van der Waals surface area (Å²) < 4.78 is 14.4. The maximum absolute atomic E-state index is 13.8. The highest BCUT2D eigenvalue weighted by Gasteiger charge is 2.49. The van der Waals surface area contributed by atoms with Crippen molar-refractivity contribution in [3.8, 4) is 11.5 Å². The van der Waals surface area contributed by atoms with Gasteiger partial charge in [-0.15, -0.1) is 0 Å². The number of nitrogens with zero attached hydrogens (tertiary/aromatic N) is 4. The summed E-state index contributed by atoms with van der Waals surface area (Å²) in [5.74, 6) is -0.990. The second-order valence-electron chi connectivity index (χ2n) is 10.2. The molecule has 2 aromatic carbocycles. The van der Waals surface area contributed by atoms with Crippen LogP contribution >= 0.6 is 22.9 Å². The monoisotopic (exact) mass is 616 g/mol. The lowest BCUT2D eigenvalue weighted by Crippen LogP contribution is -2.29. The van der Waals surface area contributed by atoms with E-state index in [0.717, 1.165) is 16.7 Å². The number of ketones is 1. The number of aliphatic hydroxyl groups excluding tert-OH is 1. The number of benzene rings is 2. The normalized spacial score (nSPS) is 16.5. The van der Waals surface area contributed by atoms with Crippen molar-refractivity contribution in [2.45, 2.75) is 40.2 Å². The summed E-state index contributed by atoms with van der Waals surface area (Å²) in [7, 11) is 0. The van der Waals surface area contributed by atoms with Crippen LogP contribution in [0, 0.1) is 13.8 Å². The van der Waals surface area contributed by atoms with E-state index in [1.54, 1.807) is 36.4 Å². The van der Waals surface area contributed by atoms with Crippen LogP contribution in [0.4, 0.5) is 5.13 Å². The Morgan fingerprint density at radius 1 is 1.05 bits per heavy atom. The molecule has 0 radical (unpaired) electrons. The molecule has 0 bridgehead atoms. The van der Waals surface area contributed by atoms with Crippen molar-refractivity contribution in [1.82, 2.24) is 14.4 Å². The molecule has 1 atom stereocenters. The van der Waals surface area contributed by atoms with Crippen LogP contribution in [0.5, 0.6) is 11.5 Å². The number of carbonyl (C=O) groups is 2. The van der Waals surface area contributed by atoms with Crippen molar-refractivity contribution in [2.75, 3.05) is 18.1 Å². The minimum absolute atomic E-state index is 0.0869. The third kappa shape index (κ3) is 4.90. The summed E-state index contributed by atoms with van der Waals surface area (Å²) in [6.07, 6.45) is 2.65. The lowest BCUT2D eigenvalue weighted by atomic mass is 9.96. The van der Waals surface area contributed by atoms with Crippen LogP contribution in [0.3, 0.4) is 0 Å². The predicted octanol–water partition coefficient (Wildman–Crippen LogP) is 7.03. The number of aromatic nitrogens is 3. The smallest absolute Gasteiger partial charge is 0.301 e. The second kappa shape index (κ2) is 11.3. The van der Waals surface area contributed by atoms with Crippen LogP contribution in [-0.4, -0.2) is 44.4 Å². The Morgan fingerprint density at radius 2 is 1.86 bits per heavy atom. The minimum Gasteiger partial charge on any atom is -0.505 e. The maximum atomic E-state index is 13.8. The van der Waals surface area contributed by atoms with Crippen LogP contribution < -0.4 is 14.4 Å². The van der Waals surface area contributed by atoms with Gasteiger partial charge in [0.15, 0.2) is 22.4 Å². The first-order chi connectivity index (χ1) is 20.7. The number of ether oxygens (including phenoxy) is 2. The highest BCUT2D eigenvalue weighted by atomic mass is 35.5. The number of anilines is 1. The molecule has 1 N–H and O–H groups in total. The Morgan fingerprint density at radius 3 is 2.60 bits per heavy atom. The number of fused-ring (bicyclic) bond motifs is 2. The molecule has 4 heterocycles. The van der Waals surface area contributed by atoms with Crippen molar-refractivity contribution in [3.63, 3.8) is 0 Å². The summed E-state index contributed by atoms with van der Waals surface area (Å²) >= 11 is 7.46. The van der Waals surface area contributed by atoms with E-state index in [2.05, 4.69) is 9.97 Å². The molecule has 5 aromatic rings. The Labute approximate surface area is 257 Å². The van der Waals surface area contributed by atoms with Gasteiger partial charge in [0.05, 0.1) is 40.7 Å². The number of imidazole rings is 1. The number of pyridine rings is 1. The summed E-state index contributed by atoms with van der Waals surface area (Å²) in [5.41, 5.74) is 3.50. The van der Waals surface area contributed by atoms with Crippen LogP contribution in [-0.2, 0) is 9.59 Å². The van der Waals surface area contributed by atoms with Crippen molar-refractivity contribution in [1.29, 1.82) is 0 Å². The van der Waals surface area contributed by atoms with Gasteiger partial charge < -0.3 is 19.0 Å². The minimum atomic E-state index is -1.01. The van der Waals surface area contributed by atoms with E-state index in [4.69, 9.17) is 21.1 Å². The Bertz CT molecular complexity index is 1950.